The van der Waals surface area contributed by atoms with Crippen LogP contribution in [-0.2, 0) is 11.3 Å². The van der Waals surface area contributed by atoms with Gasteiger partial charge in [-0.3, -0.25) is 9.69 Å². The fourth-order valence-corrected chi connectivity index (χ4v) is 5.96. The van der Waals surface area contributed by atoms with Crippen LogP contribution in [0, 0.1) is 12.8 Å². The maximum absolute atomic E-state index is 13.3. The Morgan fingerprint density at radius 2 is 1.89 bits per heavy atom. The molecule has 4 rings (SSSR count). The minimum absolute atomic E-state index is 0.312. The molecular formula is C21H34N4OS. The number of carbonyl (C=O) groups excluding carboxylic acids is 1. The molecule has 0 atom stereocenters. The number of likely N-dealkylation sites (tertiary alicyclic amines) is 1. The number of aromatic nitrogens is 1. The molecule has 1 saturated carbocycles. The first kappa shape index (κ1) is 19.3. The van der Waals surface area contributed by atoms with Crippen LogP contribution < -0.4 is 0 Å². The van der Waals surface area contributed by atoms with Crippen LogP contribution in [0.25, 0.3) is 0 Å². The zero-order valence-corrected chi connectivity index (χ0v) is 17.8. The van der Waals surface area contributed by atoms with Crippen molar-refractivity contribution in [3.05, 3.63) is 16.1 Å². The van der Waals surface area contributed by atoms with Gasteiger partial charge in [-0.2, -0.15) is 0 Å². The van der Waals surface area contributed by atoms with Gasteiger partial charge in [-0.05, 0) is 38.5 Å². The van der Waals surface area contributed by atoms with E-state index in [1.165, 1.54) is 38.6 Å². The van der Waals surface area contributed by atoms with E-state index in [4.69, 9.17) is 0 Å². The van der Waals surface area contributed by atoms with Gasteiger partial charge in [0.25, 0.3) is 0 Å². The molecule has 2 saturated heterocycles. The average Bonchev–Trinajstić information content (AvgIpc) is 3.10. The number of rotatable bonds is 4. The van der Waals surface area contributed by atoms with Gasteiger partial charge in [0.2, 0.25) is 5.91 Å². The third-order valence-corrected chi connectivity index (χ3v) is 7.82. The molecule has 0 N–H and O–H groups in total. The predicted octanol–water partition coefficient (Wildman–Crippen LogP) is 3.14. The Kier molecular flexibility index (Phi) is 5.86. The van der Waals surface area contributed by atoms with E-state index in [1.54, 1.807) is 11.3 Å². The second kappa shape index (κ2) is 8.18. The second-order valence-electron chi connectivity index (χ2n) is 8.84. The lowest BCUT2D eigenvalue weighted by molar-refractivity contribution is -0.155. The van der Waals surface area contributed by atoms with E-state index in [0.717, 1.165) is 62.2 Å². The van der Waals surface area contributed by atoms with Gasteiger partial charge in [0.05, 0.1) is 10.7 Å². The molecule has 3 heterocycles. The number of piperidine rings is 1. The topological polar surface area (TPSA) is 39.7 Å². The van der Waals surface area contributed by atoms with Crippen molar-refractivity contribution in [2.24, 2.45) is 5.92 Å². The molecule has 1 aromatic rings. The van der Waals surface area contributed by atoms with Gasteiger partial charge in [0.15, 0.2) is 0 Å². The first-order valence-corrected chi connectivity index (χ1v) is 11.6. The number of thiazole rings is 1. The van der Waals surface area contributed by atoms with Gasteiger partial charge in [-0.15, -0.1) is 11.3 Å². The van der Waals surface area contributed by atoms with E-state index in [-0.39, 0.29) is 5.54 Å². The highest BCUT2D eigenvalue weighted by Crippen LogP contribution is 2.35. The van der Waals surface area contributed by atoms with E-state index >= 15 is 0 Å². The summed E-state index contributed by atoms with van der Waals surface area (Å²) in [5.74, 6) is 1.21. The van der Waals surface area contributed by atoms with Crippen LogP contribution >= 0.6 is 11.3 Å². The van der Waals surface area contributed by atoms with E-state index in [0.29, 0.717) is 5.91 Å². The zero-order chi connectivity index (χ0) is 18.9. The summed E-state index contributed by atoms with van der Waals surface area (Å²) in [4.78, 5) is 25.0. The average molecular weight is 391 g/mol. The van der Waals surface area contributed by atoms with E-state index in [2.05, 4.69) is 27.1 Å². The van der Waals surface area contributed by atoms with Crippen molar-refractivity contribution in [1.29, 1.82) is 0 Å². The molecule has 3 fully saturated rings. The van der Waals surface area contributed by atoms with Gasteiger partial charge in [0.1, 0.15) is 5.54 Å². The van der Waals surface area contributed by atoms with Crippen molar-refractivity contribution in [1.82, 2.24) is 19.7 Å². The Hall–Kier alpha value is -0.980. The van der Waals surface area contributed by atoms with Crippen LogP contribution in [0.4, 0.5) is 0 Å². The Balaban J connectivity index is 1.43. The lowest BCUT2D eigenvalue weighted by Crippen LogP contribution is -2.67. The van der Waals surface area contributed by atoms with Crippen molar-refractivity contribution >= 4 is 17.2 Å². The first-order valence-electron chi connectivity index (χ1n) is 10.7. The molecule has 1 amide bonds. The molecule has 150 valence electrons. The van der Waals surface area contributed by atoms with Crippen molar-refractivity contribution < 1.29 is 4.79 Å². The summed E-state index contributed by atoms with van der Waals surface area (Å²) in [6.07, 6.45) is 8.97. The number of nitrogens with zero attached hydrogens (tertiary/aromatic N) is 4. The number of amides is 1. The number of piperazine rings is 1. The lowest BCUT2D eigenvalue weighted by atomic mass is 9.81. The summed E-state index contributed by atoms with van der Waals surface area (Å²) in [6.45, 7) is 8.02. The molecule has 0 bridgehead atoms. The summed E-state index contributed by atoms with van der Waals surface area (Å²) in [6, 6.07) is 0. The minimum atomic E-state index is -0.312. The zero-order valence-electron chi connectivity index (χ0n) is 17.0. The highest BCUT2D eigenvalue weighted by atomic mass is 32.1. The standard InChI is InChI=1S/C21H34N4OS/c1-17-22-19(16-27-17)15-25-13-12-23(2)20(26)21(25)8-10-24(11-9-21)14-18-6-4-3-5-7-18/h16,18H,3-15H2,1-2H3. The quantitative estimate of drug-likeness (QED) is 0.792. The molecule has 3 aliphatic rings. The number of carbonyl (C=O) groups is 1. The summed E-state index contributed by atoms with van der Waals surface area (Å²) in [7, 11) is 1.98. The van der Waals surface area contributed by atoms with Crippen LogP contribution in [0.2, 0.25) is 0 Å². The van der Waals surface area contributed by atoms with Crippen LogP contribution in [0.5, 0.6) is 0 Å². The Labute approximate surface area is 167 Å². The molecule has 1 aromatic heterocycles. The second-order valence-corrected chi connectivity index (χ2v) is 9.90. The predicted molar refractivity (Wildman–Crippen MR) is 110 cm³/mol. The normalized spacial score (nSPS) is 25.4. The number of likely N-dealkylation sites (N-methyl/N-ethyl adjacent to an activating group) is 1. The summed E-state index contributed by atoms with van der Waals surface area (Å²) in [5, 5.41) is 3.27. The Bertz CT molecular complexity index is 646. The van der Waals surface area contributed by atoms with E-state index < -0.39 is 0 Å². The molecule has 1 aliphatic carbocycles. The fraction of sp³-hybridized carbons (Fsp3) is 0.810. The summed E-state index contributed by atoms with van der Waals surface area (Å²) < 4.78 is 0. The van der Waals surface area contributed by atoms with Crippen molar-refractivity contribution in [3.63, 3.8) is 0 Å². The van der Waals surface area contributed by atoms with Gasteiger partial charge >= 0.3 is 0 Å². The third-order valence-electron chi connectivity index (χ3n) is 7.00. The summed E-state index contributed by atoms with van der Waals surface area (Å²) in [5.41, 5.74) is 0.812. The maximum Gasteiger partial charge on any atom is 0.242 e. The molecule has 0 radical (unpaired) electrons. The lowest BCUT2D eigenvalue weighted by Gasteiger charge is -2.52. The number of hydrogen-bond donors (Lipinski definition) is 0. The third kappa shape index (κ3) is 4.08. The van der Waals surface area contributed by atoms with E-state index in [9.17, 15) is 4.79 Å². The van der Waals surface area contributed by atoms with E-state index in [1.807, 2.05) is 11.9 Å². The Morgan fingerprint density at radius 1 is 1.15 bits per heavy atom. The number of aryl methyl sites for hydroxylation is 1. The SMILES string of the molecule is Cc1nc(CN2CCN(C)C(=O)C23CCN(CC2CCCCC2)CC3)cs1. The van der Waals surface area contributed by atoms with Gasteiger partial charge in [-0.25, -0.2) is 4.98 Å². The van der Waals surface area contributed by atoms with Crippen LogP contribution in [-0.4, -0.2) is 70.9 Å². The molecule has 5 nitrogen and oxygen atoms in total. The largest absolute Gasteiger partial charge is 0.343 e. The monoisotopic (exact) mass is 390 g/mol. The maximum atomic E-state index is 13.3. The van der Waals surface area contributed by atoms with Crippen LogP contribution in [0.15, 0.2) is 5.38 Å². The van der Waals surface area contributed by atoms with Crippen molar-refractivity contribution in [2.45, 2.75) is 64.0 Å². The highest BCUT2D eigenvalue weighted by Gasteiger charge is 2.49. The Morgan fingerprint density at radius 3 is 2.56 bits per heavy atom. The van der Waals surface area contributed by atoms with Gasteiger partial charge in [-0.1, -0.05) is 19.3 Å². The highest BCUT2D eigenvalue weighted by molar-refractivity contribution is 7.09. The van der Waals surface area contributed by atoms with Crippen molar-refractivity contribution in [3.8, 4) is 0 Å². The first-order chi connectivity index (χ1) is 13.1. The molecule has 0 unspecified atom stereocenters. The fourth-order valence-electron chi connectivity index (χ4n) is 5.35. The summed E-state index contributed by atoms with van der Waals surface area (Å²) >= 11 is 1.71. The minimum Gasteiger partial charge on any atom is -0.343 e. The molecule has 0 aromatic carbocycles. The smallest absolute Gasteiger partial charge is 0.242 e. The van der Waals surface area contributed by atoms with Crippen molar-refractivity contribution in [2.75, 3.05) is 39.8 Å². The van der Waals surface area contributed by atoms with Gasteiger partial charge in [0, 0.05) is 51.7 Å². The van der Waals surface area contributed by atoms with Crippen LogP contribution in [0.3, 0.4) is 0 Å². The molecule has 6 heteroatoms. The number of hydrogen-bond acceptors (Lipinski definition) is 5. The molecule has 1 spiro atoms. The van der Waals surface area contributed by atoms with Gasteiger partial charge < -0.3 is 9.80 Å². The van der Waals surface area contributed by atoms with Crippen LogP contribution in [0.1, 0.15) is 55.6 Å². The molecular weight excluding hydrogens is 356 g/mol. The molecule has 27 heavy (non-hydrogen) atoms. The molecule has 2 aliphatic heterocycles.